The van der Waals surface area contributed by atoms with E-state index in [0.29, 0.717) is 11.6 Å². The summed E-state index contributed by atoms with van der Waals surface area (Å²) in [7, 11) is 0. The number of benzene rings is 1. The van der Waals surface area contributed by atoms with Gasteiger partial charge in [-0.15, -0.1) is 0 Å². The second-order valence-electron chi connectivity index (χ2n) is 7.26. The van der Waals surface area contributed by atoms with Gasteiger partial charge in [0, 0.05) is 17.3 Å². The standard InChI is InChI=1S/C20H24ClN3O2/c1-6-25-26-12-15-11-22-19-16(17(15)21)18(23-24(19)20(3,4)5)14-9-7-13(2)8-10-14/h7-11H,6,12H2,1-5H3. The Labute approximate surface area is 158 Å². The number of rotatable bonds is 5. The molecule has 6 heteroatoms. The van der Waals surface area contributed by atoms with Crippen LogP contribution >= 0.6 is 11.6 Å². The zero-order valence-corrected chi connectivity index (χ0v) is 16.6. The third kappa shape index (κ3) is 3.61. The van der Waals surface area contributed by atoms with Gasteiger partial charge in [0.2, 0.25) is 0 Å². The summed E-state index contributed by atoms with van der Waals surface area (Å²) in [6.07, 6.45) is 1.73. The Hall–Kier alpha value is -1.95. The third-order valence-corrected chi connectivity index (χ3v) is 4.51. The lowest BCUT2D eigenvalue weighted by Gasteiger charge is -2.19. The molecule has 26 heavy (non-hydrogen) atoms. The van der Waals surface area contributed by atoms with E-state index in [9.17, 15) is 0 Å². The Morgan fingerprint density at radius 3 is 2.42 bits per heavy atom. The van der Waals surface area contributed by atoms with Crippen molar-refractivity contribution in [3.63, 3.8) is 0 Å². The third-order valence-electron chi connectivity index (χ3n) is 4.08. The van der Waals surface area contributed by atoms with Crippen molar-refractivity contribution in [1.82, 2.24) is 14.8 Å². The first-order valence-corrected chi connectivity index (χ1v) is 9.08. The van der Waals surface area contributed by atoms with Crippen molar-refractivity contribution in [2.24, 2.45) is 0 Å². The molecule has 0 aliphatic heterocycles. The number of hydrogen-bond donors (Lipinski definition) is 0. The van der Waals surface area contributed by atoms with E-state index in [1.54, 1.807) is 6.20 Å². The van der Waals surface area contributed by atoms with Crippen molar-refractivity contribution in [2.75, 3.05) is 6.61 Å². The fraction of sp³-hybridized carbons (Fsp3) is 0.400. The Balaban J connectivity index is 2.21. The summed E-state index contributed by atoms with van der Waals surface area (Å²) < 4.78 is 1.93. The van der Waals surface area contributed by atoms with Gasteiger partial charge in [0.1, 0.15) is 12.3 Å². The molecule has 2 aromatic heterocycles. The lowest BCUT2D eigenvalue weighted by Crippen LogP contribution is -2.23. The molecule has 138 valence electrons. The van der Waals surface area contributed by atoms with Gasteiger partial charge in [-0.2, -0.15) is 5.10 Å². The maximum atomic E-state index is 6.74. The molecule has 3 rings (SSSR count). The zero-order chi connectivity index (χ0) is 18.9. The molecule has 0 fully saturated rings. The first kappa shape index (κ1) is 18.8. The van der Waals surface area contributed by atoms with E-state index in [2.05, 4.69) is 56.9 Å². The van der Waals surface area contributed by atoms with Crippen LogP contribution in [0.25, 0.3) is 22.3 Å². The zero-order valence-electron chi connectivity index (χ0n) is 15.8. The Bertz CT molecular complexity index is 911. The van der Waals surface area contributed by atoms with Crippen LogP contribution < -0.4 is 0 Å². The molecule has 0 amide bonds. The molecular weight excluding hydrogens is 350 g/mol. The summed E-state index contributed by atoms with van der Waals surface area (Å²) >= 11 is 6.74. The molecule has 0 aliphatic rings. The van der Waals surface area contributed by atoms with Crippen molar-refractivity contribution in [3.8, 4) is 11.3 Å². The summed E-state index contributed by atoms with van der Waals surface area (Å²) in [4.78, 5) is 14.8. The molecule has 0 spiro atoms. The van der Waals surface area contributed by atoms with Crippen LogP contribution in [0.5, 0.6) is 0 Å². The van der Waals surface area contributed by atoms with Crippen LogP contribution in [0, 0.1) is 6.92 Å². The Morgan fingerprint density at radius 1 is 1.12 bits per heavy atom. The van der Waals surface area contributed by atoms with Crippen LogP contribution in [0.4, 0.5) is 0 Å². The number of pyridine rings is 1. The molecule has 0 atom stereocenters. The molecule has 0 radical (unpaired) electrons. The maximum absolute atomic E-state index is 6.74. The van der Waals surface area contributed by atoms with Crippen LogP contribution in [0.3, 0.4) is 0 Å². The van der Waals surface area contributed by atoms with Crippen molar-refractivity contribution < 1.29 is 9.78 Å². The van der Waals surface area contributed by atoms with Crippen molar-refractivity contribution >= 4 is 22.6 Å². The van der Waals surface area contributed by atoms with Gasteiger partial charge in [-0.1, -0.05) is 41.4 Å². The van der Waals surface area contributed by atoms with Gasteiger partial charge in [0.05, 0.1) is 22.6 Å². The number of aromatic nitrogens is 3. The summed E-state index contributed by atoms with van der Waals surface area (Å²) in [5.74, 6) is 0. The number of hydrogen-bond acceptors (Lipinski definition) is 4. The minimum Gasteiger partial charge on any atom is -0.241 e. The van der Waals surface area contributed by atoms with E-state index in [1.165, 1.54) is 5.56 Å². The normalized spacial score (nSPS) is 12.1. The molecule has 0 bridgehead atoms. The Kier molecular flexibility index (Phi) is 5.32. The van der Waals surface area contributed by atoms with Gasteiger partial charge in [-0.3, -0.25) is 0 Å². The summed E-state index contributed by atoms with van der Waals surface area (Å²) in [6, 6.07) is 8.26. The molecule has 0 aliphatic carbocycles. The van der Waals surface area contributed by atoms with Crippen molar-refractivity contribution in [3.05, 3.63) is 46.6 Å². The lowest BCUT2D eigenvalue weighted by molar-refractivity contribution is -0.300. The van der Waals surface area contributed by atoms with E-state index >= 15 is 0 Å². The first-order chi connectivity index (χ1) is 12.3. The van der Waals surface area contributed by atoms with E-state index in [4.69, 9.17) is 26.5 Å². The van der Waals surface area contributed by atoms with Crippen LogP contribution in [0.1, 0.15) is 38.8 Å². The Morgan fingerprint density at radius 2 is 1.81 bits per heavy atom. The lowest BCUT2D eigenvalue weighted by atomic mass is 10.1. The summed E-state index contributed by atoms with van der Waals surface area (Å²) in [5, 5.41) is 6.29. The average molecular weight is 374 g/mol. The first-order valence-electron chi connectivity index (χ1n) is 8.71. The maximum Gasteiger partial charge on any atom is 0.160 e. The second kappa shape index (κ2) is 7.35. The summed E-state index contributed by atoms with van der Waals surface area (Å²) in [6.45, 7) is 10.9. The van der Waals surface area contributed by atoms with Crippen LogP contribution in [-0.4, -0.2) is 21.4 Å². The molecule has 5 nitrogen and oxygen atoms in total. The smallest absolute Gasteiger partial charge is 0.160 e. The molecule has 3 aromatic rings. The highest BCUT2D eigenvalue weighted by Crippen LogP contribution is 2.36. The van der Waals surface area contributed by atoms with Gasteiger partial charge in [0.25, 0.3) is 0 Å². The minimum atomic E-state index is -0.221. The van der Waals surface area contributed by atoms with Gasteiger partial charge in [0.15, 0.2) is 5.65 Å². The summed E-state index contributed by atoms with van der Waals surface area (Å²) in [5.41, 5.74) is 4.35. The molecule has 1 aromatic carbocycles. The monoisotopic (exact) mass is 373 g/mol. The number of halogens is 1. The SMILES string of the molecule is CCOOCc1cnc2c(c(-c3ccc(C)cc3)nn2C(C)(C)C)c1Cl. The van der Waals surface area contributed by atoms with E-state index < -0.39 is 0 Å². The fourth-order valence-corrected chi connectivity index (χ4v) is 3.03. The van der Waals surface area contributed by atoms with Crippen molar-refractivity contribution in [1.29, 1.82) is 0 Å². The molecule has 2 heterocycles. The molecule has 0 unspecified atom stereocenters. The minimum absolute atomic E-state index is 0.221. The number of aryl methyl sites for hydroxylation is 1. The number of nitrogens with zero attached hydrogens (tertiary/aromatic N) is 3. The van der Waals surface area contributed by atoms with Crippen LogP contribution in [-0.2, 0) is 21.9 Å². The molecule has 0 saturated carbocycles. The van der Waals surface area contributed by atoms with Gasteiger partial charge >= 0.3 is 0 Å². The highest BCUT2D eigenvalue weighted by Gasteiger charge is 2.24. The van der Waals surface area contributed by atoms with Gasteiger partial charge in [-0.25, -0.2) is 19.4 Å². The quantitative estimate of drug-likeness (QED) is 0.346. The van der Waals surface area contributed by atoms with E-state index in [0.717, 1.165) is 27.9 Å². The number of fused-ring (bicyclic) bond motifs is 1. The molecule has 0 saturated heterocycles. The average Bonchev–Trinajstić information content (AvgIpc) is 2.98. The fourth-order valence-electron chi connectivity index (χ4n) is 2.76. The van der Waals surface area contributed by atoms with E-state index in [-0.39, 0.29) is 12.1 Å². The second-order valence-corrected chi connectivity index (χ2v) is 7.64. The van der Waals surface area contributed by atoms with Crippen LogP contribution in [0.15, 0.2) is 30.5 Å². The highest BCUT2D eigenvalue weighted by atomic mass is 35.5. The van der Waals surface area contributed by atoms with Crippen molar-refractivity contribution in [2.45, 2.75) is 46.8 Å². The molecular formula is C20H24ClN3O2. The predicted octanol–water partition coefficient (Wildman–Crippen LogP) is 5.28. The molecule has 0 N–H and O–H groups in total. The van der Waals surface area contributed by atoms with Gasteiger partial charge < -0.3 is 0 Å². The van der Waals surface area contributed by atoms with E-state index in [1.807, 2.05) is 11.6 Å². The predicted molar refractivity (Wildman–Crippen MR) is 104 cm³/mol. The topological polar surface area (TPSA) is 49.2 Å². The highest BCUT2D eigenvalue weighted by molar-refractivity contribution is 6.37. The van der Waals surface area contributed by atoms with Gasteiger partial charge in [-0.05, 0) is 34.6 Å². The van der Waals surface area contributed by atoms with Crippen LogP contribution in [0.2, 0.25) is 5.02 Å². The largest absolute Gasteiger partial charge is 0.241 e.